The summed E-state index contributed by atoms with van der Waals surface area (Å²) in [6.07, 6.45) is 0. The van der Waals surface area contributed by atoms with Gasteiger partial charge in [0.2, 0.25) is 5.91 Å². The fourth-order valence-electron chi connectivity index (χ4n) is 0.602. The molecule has 0 aliphatic rings. The maximum Gasteiger partial charge on any atom is 1.00 e. The number of carbonyl (C=O) groups excluding carboxylic acids is 1. The molecule has 2 nitrogen and oxygen atoms in total. The van der Waals surface area contributed by atoms with Crippen molar-refractivity contribution in [3.63, 3.8) is 0 Å². The first-order valence-electron chi connectivity index (χ1n) is 2.65. The van der Waals surface area contributed by atoms with Crippen molar-refractivity contribution in [2.24, 2.45) is 5.73 Å². The molecular formula is C7H8NNaO. The summed E-state index contributed by atoms with van der Waals surface area (Å²) in [7, 11) is 0. The van der Waals surface area contributed by atoms with Crippen LogP contribution >= 0.6 is 0 Å². The second kappa shape index (κ2) is 4.50. The number of amides is 1. The van der Waals surface area contributed by atoms with Gasteiger partial charge in [0, 0.05) is 5.56 Å². The number of hydrogen-bond donors (Lipinski definition) is 1. The molecule has 0 aliphatic heterocycles. The van der Waals surface area contributed by atoms with Crippen LogP contribution in [0.4, 0.5) is 0 Å². The van der Waals surface area contributed by atoms with Crippen LogP contribution in [0.2, 0.25) is 0 Å². The Kier molecular flexibility index (Phi) is 4.36. The zero-order valence-corrected chi connectivity index (χ0v) is 7.87. The van der Waals surface area contributed by atoms with Crippen LogP contribution in [0.15, 0.2) is 30.3 Å². The summed E-state index contributed by atoms with van der Waals surface area (Å²) in [4.78, 5) is 10.4. The van der Waals surface area contributed by atoms with Gasteiger partial charge in [0.25, 0.3) is 0 Å². The Morgan fingerprint density at radius 3 is 2.10 bits per heavy atom. The maximum atomic E-state index is 10.4. The molecule has 3 heteroatoms. The molecular weight excluding hydrogens is 137 g/mol. The minimum Gasteiger partial charge on any atom is -1.00 e. The van der Waals surface area contributed by atoms with E-state index >= 15 is 0 Å². The van der Waals surface area contributed by atoms with Crippen LogP contribution in [0.25, 0.3) is 0 Å². The first-order chi connectivity index (χ1) is 4.30. The number of carbonyl (C=O) groups is 1. The molecule has 1 aromatic rings. The number of benzene rings is 1. The molecule has 2 N–H and O–H groups in total. The molecule has 0 aliphatic carbocycles. The summed E-state index contributed by atoms with van der Waals surface area (Å²) < 4.78 is 0. The monoisotopic (exact) mass is 145 g/mol. The van der Waals surface area contributed by atoms with Gasteiger partial charge in [0.15, 0.2) is 0 Å². The molecule has 1 aromatic carbocycles. The van der Waals surface area contributed by atoms with Gasteiger partial charge in [-0.1, -0.05) is 18.2 Å². The fraction of sp³-hybridized carbons (Fsp3) is 0. The van der Waals surface area contributed by atoms with Gasteiger partial charge >= 0.3 is 29.6 Å². The van der Waals surface area contributed by atoms with Crippen LogP contribution in [-0.4, -0.2) is 5.91 Å². The first kappa shape index (κ1) is 9.69. The maximum absolute atomic E-state index is 10.4. The van der Waals surface area contributed by atoms with E-state index in [4.69, 9.17) is 5.73 Å². The molecule has 0 unspecified atom stereocenters. The molecule has 0 saturated carbocycles. The van der Waals surface area contributed by atoms with E-state index in [0.717, 1.165) is 0 Å². The van der Waals surface area contributed by atoms with E-state index in [1.54, 1.807) is 24.3 Å². The normalized spacial score (nSPS) is 8.00. The molecule has 48 valence electrons. The third-order valence-corrected chi connectivity index (χ3v) is 1.06. The molecule has 0 atom stereocenters. The molecule has 0 radical (unpaired) electrons. The van der Waals surface area contributed by atoms with Crippen molar-refractivity contribution in [3.8, 4) is 0 Å². The Morgan fingerprint density at radius 1 is 1.30 bits per heavy atom. The number of rotatable bonds is 1. The Balaban J connectivity index is 0. The van der Waals surface area contributed by atoms with Crippen molar-refractivity contribution in [2.75, 3.05) is 0 Å². The smallest absolute Gasteiger partial charge is 1.00 e. The molecule has 10 heavy (non-hydrogen) atoms. The van der Waals surface area contributed by atoms with Crippen LogP contribution in [0.3, 0.4) is 0 Å². The van der Waals surface area contributed by atoms with Crippen LogP contribution < -0.4 is 35.3 Å². The minimum atomic E-state index is -0.379. The summed E-state index contributed by atoms with van der Waals surface area (Å²) in [5.41, 5.74) is 5.53. The van der Waals surface area contributed by atoms with E-state index in [9.17, 15) is 4.79 Å². The van der Waals surface area contributed by atoms with Crippen molar-refractivity contribution < 1.29 is 35.8 Å². The second-order valence-electron chi connectivity index (χ2n) is 1.73. The molecule has 0 aromatic heterocycles. The number of nitrogens with two attached hydrogens (primary N) is 1. The molecule has 0 bridgehead atoms. The zero-order chi connectivity index (χ0) is 6.69. The van der Waals surface area contributed by atoms with Gasteiger partial charge in [0.1, 0.15) is 0 Å². The van der Waals surface area contributed by atoms with Gasteiger partial charge in [-0.15, -0.1) is 0 Å². The van der Waals surface area contributed by atoms with E-state index in [2.05, 4.69) is 0 Å². The SMILES string of the molecule is NC(=O)c1ccccc1.[H-].[Na+]. The van der Waals surface area contributed by atoms with Crippen LogP contribution in [0.5, 0.6) is 0 Å². The van der Waals surface area contributed by atoms with E-state index in [0.29, 0.717) is 5.56 Å². The van der Waals surface area contributed by atoms with E-state index < -0.39 is 0 Å². The van der Waals surface area contributed by atoms with Gasteiger partial charge in [-0.2, -0.15) is 0 Å². The van der Waals surface area contributed by atoms with Gasteiger partial charge in [-0.05, 0) is 12.1 Å². The van der Waals surface area contributed by atoms with Crippen molar-refractivity contribution in [2.45, 2.75) is 0 Å². The van der Waals surface area contributed by atoms with Gasteiger partial charge in [-0.25, -0.2) is 0 Å². The summed E-state index contributed by atoms with van der Waals surface area (Å²) in [6, 6.07) is 8.76. The number of hydrogen-bond acceptors (Lipinski definition) is 1. The Morgan fingerprint density at radius 2 is 1.80 bits per heavy atom. The molecule has 0 fully saturated rings. The van der Waals surface area contributed by atoms with E-state index in [-0.39, 0.29) is 36.9 Å². The summed E-state index contributed by atoms with van der Waals surface area (Å²) in [5, 5.41) is 0. The summed E-state index contributed by atoms with van der Waals surface area (Å²) in [6.45, 7) is 0. The summed E-state index contributed by atoms with van der Waals surface area (Å²) >= 11 is 0. The van der Waals surface area contributed by atoms with Crippen LogP contribution in [0.1, 0.15) is 11.8 Å². The predicted molar refractivity (Wildman–Crippen MR) is 36.1 cm³/mol. The molecule has 0 saturated heterocycles. The van der Waals surface area contributed by atoms with Gasteiger partial charge < -0.3 is 7.16 Å². The minimum absolute atomic E-state index is 0. The molecule has 1 amide bonds. The zero-order valence-electron chi connectivity index (χ0n) is 6.87. The van der Waals surface area contributed by atoms with E-state index in [1.165, 1.54) is 0 Å². The van der Waals surface area contributed by atoms with Gasteiger partial charge in [-0.3, -0.25) is 4.79 Å². The molecule has 1 rings (SSSR count). The quantitative estimate of drug-likeness (QED) is 0.452. The largest absolute Gasteiger partial charge is 1.00 e. The molecule has 0 heterocycles. The number of primary amides is 1. The van der Waals surface area contributed by atoms with E-state index in [1.807, 2.05) is 6.07 Å². The fourth-order valence-corrected chi connectivity index (χ4v) is 0.602. The predicted octanol–water partition coefficient (Wildman–Crippen LogP) is -2.10. The van der Waals surface area contributed by atoms with Crippen LogP contribution in [-0.2, 0) is 0 Å². The third kappa shape index (κ3) is 2.52. The third-order valence-electron chi connectivity index (χ3n) is 1.06. The first-order valence-corrected chi connectivity index (χ1v) is 2.65. The van der Waals surface area contributed by atoms with Crippen LogP contribution in [0, 0.1) is 0 Å². The summed E-state index contributed by atoms with van der Waals surface area (Å²) in [5.74, 6) is -0.379. The Bertz CT molecular complexity index is 215. The standard InChI is InChI=1S/C7H7NO.Na.H/c8-7(9)6-4-2-1-3-5-6;;/h1-5H,(H2,8,9);;/q;+1;-1. The van der Waals surface area contributed by atoms with Crippen molar-refractivity contribution >= 4 is 5.91 Å². The van der Waals surface area contributed by atoms with Crippen molar-refractivity contribution in [3.05, 3.63) is 35.9 Å². The Labute approximate surface area is 83.2 Å². The second-order valence-corrected chi connectivity index (χ2v) is 1.73. The topological polar surface area (TPSA) is 43.1 Å². The van der Waals surface area contributed by atoms with Gasteiger partial charge in [0.05, 0.1) is 0 Å². The molecule has 0 spiro atoms. The average Bonchev–Trinajstić information content (AvgIpc) is 1.90. The van der Waals surface area contributed by atoms with Crippen molar-refractivity contribution in [1.29, 1.82) is 0 Å². The average molecular weight is 145 g/mol. The Hall–Kier alpha value is -0.310. The van der Waals surface area contributed by atoms with Crippen molar-refractivity contribution in [1.82, 2.24) is 0 Å².